The van der Waals surface area contributed by atoms with E-state index >= 15 is 0 Å². The van der Waals surface area contributed by atoms with Crippen molar-refractivity contribution in [2.45, 2.75) is 39.9 Å². The second kappa shape index (κ2) is 5.78. The van der Waals surface area contributed by atoms with E-state index in [4.69, 9.17) is 0 Å². The summed E-state index contributed by atoms with van der Waals surface area (Å²) in [6.07, 6.45) is 7.55. The van der Waals surface area contributed by atoms with Gasteiger partial charge >= 0.3 is 0 Å². The molecule has 0 spiro atoms. The highest BCUT2D eigenvalue weighted by atomic mass is 15.1. The molecule has 0 saturated heterocycles. The van der Waals surface area contributed by atoms with Crippen LogP contribution in [0.15, 0.2) is 31.0 Å². The number of imidazole rings is 1. The average Bonchev–Trinajstić information content (AvgIpc) is 2.77. The number of nitrogens with zero attached hydrogens (tertiary/aromatic N) is 3. The van der Waals surface area contributed by atoms with Crippen molar-refractivity contribution in [3.05, 3.63) is 47.8 Å². The third kappa shape index (κ3) is 3.17. The quantitative estimate of drug-likeness (QED) is 0.876. The molecule has 2 aromatic heterocycles. The van der Waals surface area contributed by atoms with Crippen LogP contribution < -0.4 is 5.32 Å². The average molecular weight is 244 g/mol. The van der Waals surface area contributed by atoms with Crippen LogP contribution in [0, 0.1) is 6.92 Å². The van der Waals surface area contributed by atoms with Crippen LogP contribution in [-0.2, 0) is 13.1 Å². The zero-order chi connectivity index (χ0) is 13.0. The van der Waals surface area contributed by atoms with Crippen LogP contribution in [0.3, 0.4) is 0 Å². The highest BCUT2D eigenvalue weighted by Crippen LogP contribution is 2.09. The lowest BCUT2D eigenvalue weighted by molar-refractivity contribution is 0.564. The van der Waals surface area contributed by atoms with Gasteiger partial charge in [0.15, 0.2) is 0 Å². The third-order valence-corrected chi connectivity index (χ3v) is 2.98. The monoisotopic (exact) mass is 244 g/mol. The van der Waals surface area contributed by atoms with Crippen molar-refractivity contribution < 1.29 is 0 Å². The summed E-state index contributed by atoms with van der Waals surface area (Å²) in [7, 11) is 0. The van der Waals surface area contributed by atoms with Crippen molar-refractivity contribution in [1.29, 1.82) is 0 Å². The van der Waals surface area contributed by atoms with Gasteiger partial charge in [0, 0.05) is 31.2 Å². The summed E-state index contributed by atoms with van der Waals surface area (Å²) in [6, 6.07) is 2.52. The number of pyridine rings is 1. The molecule has 4 nitrogen and oxygen atoms in total. The molecule has 2 heterocycles. The number of aromatic nitrogens is 3. The number of rotatable bonds is 5. The van der Waals surface area contributed by atoms with Crippen molar-refractivity contribution in [3.63, 3.8) is 0 Å². The lowest BCUT2D eigenvalue weighted by Crippen LogP contribution is -2.23. The first-order valence-corrected chi connectivity index (χ1v) is 6.28. The first-order valence-electron chi connectivity index (χ1n) is 6.28. The second-order valence-corrected chi connectivity index (χ2v) is 4.85. The molecule has 0 bridgehead atoms. The normalized spacial score (nSPS) is 11.1. The van der Waals surface area contributed by atoms with Crippen molar-refractivity contribution in [2.24, 2.45) is 0 Å². The Kier molecular flexibility index (Phi) is 4.10. The van der Waals surface area contributed by atoms with Gasteiger partial charge in [-0.2, -0.15) is 0 Å². The zero-order valence-electron chi connectivity index (χ0n) is 11.2. The molecule has 4 heteroatoms. The van der Waals surface area contributed by atoms with Crippen molar-refractivity contribution in [3.8, 4) is 0 Å². The van der Waals surface area contributed by atoms with Gasteiger partial charge in [0.05, 0.1) is 18.6 Å². The Morgan fingerprint density at radius 3 is 2.83 bits per heavy atom. The Hall–Kier alpha value is -1.68. The Bertz CT molecular complexity index is 502. The van der Waals surface area contributed by atoms with E-state index in [0.717, 1.165) is 13.1 Å². The van der Waals surface area contributed by atoms with Gasteiger partial charge in [-0.15, -0.1) is 0 Å². The van der Waals surface area contributed by atoms with Gasteiger partial charge in [0.1, 0.15) is 0 Å². The molecule has 0 aliphatic carbocycles. The predicted octanol–water partition coefficient (Wildman–Crippen LogP) is 2.13. The number of hydrogen-bond donors (Lipinski definition) is 1. The minimum atomic E-state index is 0.480. The molecular weight excluding hydrogens is 224 g/mol. The lowest BCUT2D eigenvalue weighted by Gasteiger charge is -2.12. The van der Waals surface area contributed by atoms with E-state index in [0.29, 0.717) is 6.04 Å². The molecule has 0 aliphatic rings. The number of aryl methyl sites for hydroxylation is 1. The van der Waals surface area contributed by atoms with Gasteiger partial charge < -0.3 is 9.88 Å². The van der Waals surface area contributed by atoms with Gasteiger partial charge in [-0.25, -0.2) is 4.98 Å². The van der Waals surface area contributed by atoms with E-state index in [-0.39, 0.29) is 0 Å². The summed E-state index contributed by atoms with van der Waals surface area (Å²) in [5.74, 6) is 0. The third-order valence-electron chi connectivity index (χ3n) is 2.98. The van der Waals surface area contributed by atoms with Crippen LogP contribution in [0.4, 0.5) is 0 Å². The second-order valence-electron chi connectivity index (χ2n) is 4.85. The summed E-state index contributed by atoms with van der Waals surface area (Å²) in [4.78, 5) is 8.41. The number of hydrogen-bond acceptors (Lipinski definition) is 3. The SMILES string of the molecule is Cc1ccncc1Cn1cncc1CNC(C)C. The van der Waals surface area contributed by atoms with Crippen LogP contribution in [0.1, 0.15) is 30.7 Å². The molecule has 0 amide bonds. The molecule has 1 N–H and O–H groups in total. The van der Waals surface area contributed by atoms with Crippen LogP contribution >= 0.6 is 0 Å². The minimum absolute atomic E-state index is 0.480. The first kappa shape index (κ1) is 12.8. The fourth-order valence-electron chi connectivity index (χ4n) is 1.79. The smallest absolute Gasteiger partial charge is 0.0951 e. The highest BCUT2D eigenvalue weighted by Gasteiger charge is 2.05. The maximum Gasteiger partial charge on any atom is 0.0951 e. The van der Waals surface area contributed by atoms with E-state index in [1.165, 1.54) is 16.8 Å². The highest BCUT2D eigenvalue weighted by molar-refractivity contribution is 5.22. The van der Waals surface area contributed by atoms with E-state index in [1.54, 1.807) is 0 Å². The van der Waals surface area contributed by atoms with E-state index in [1.807, 2.05) is 31.0 Å². The van der Waals surface area contributed by atoms with E-state index < -0.39 is 0 Å². The molecule has 0 radical (unpaired) electrons. The molecule has 2 aromatic rings. The Labute approximate surface area is 108 Å². The van der Waals surface area contributed by atoms with Crippen molar-refractivity contribution in [1.82, 2.24) is 19.9 Å². The summed E-state index contributed by atoms with van der Waals surface area (Å²) >= 11 is 0. The Balaban J connectivity index is 2.10. The van der Waals surface area contributed by atoms with Crippen molar-refractivity contribution in [2.75, 3.05) is 0 Å². The molecular formula is C14H20N4. The summed E-state index contributed by atoms with van der Waals surface area (Å²) in [6.45, 7) is 8.07. The van der Waals surface area contributed by atoms with Gasteiger partial charge in [-0.1, -0.05) is 13.8 Å². The van der Waals surface area contributed by atoms with Gasteiger partial charge in [-0.05, 0) is 24.1 Å². The van der Waals surface area contributed by atoms with E-state index in [2.05, 4.69) is 40.6 Å². The lowest BCUT2D eigenvalue weighted by atomic mass is 10.1. The molecule has 0 saturated carbocycles. The fraction of sp³-hybridized carbons (Fsp3) is 0.429. The molecule has 18 heavy (non-hydrogen) atoms. The first-order chi connectivity index (χ1) is 8.66. The van der Waals surface area contributed by atoms with Crippen LogP contribution in [0.5, 0.6) is 0 Å². The van der Waals surface area contributed by atoms with Gasteiger partial charge in [0.2, 0.25) is 0 Å². The largest absolute Gasteiger partial charge is 0.329 e. The number of nitrogens with one attached hydrogen (secondary N) is 1. The maximum absolute atomic E-state index is 4.23. The standard InChI is InChI=1S/C14H20N4/c1-11(2)17-8-14-7-16-10-18(14)9-13-6-15-5-4-12(13)3/h4-7,10-11,17H,8-9H2,1-3H3. The maximum atomic E-state index is 4.23. The molecule has 0 unspecified atom stereocenters. The van der Waals surface area contributed by atoms with Gasteiger partial charge in [0.25, 0.3) is 0 Å². The van der Waals surface area contributed by atoms with Crippen LogP contribution in [-0.4, -0.2) is 20.6 Å². The predicted molar refractivity (Wildman–Crippen MR) is 72.3 cm³/mol. The van der Waals surface area contributed by atoms with Gasteiger partial charge in [-0.3, -0.25) is 4.98 Å². The fourth-order valence-corrected chi connectivity index (χ4v) is 1.79. The zero-order valence-corrected chi connectivity index (χ0v) is 11.2. The van der Waals surface area contributed by atoms with E-state index in [9.17, 15) is 0 Å². The van der Waals surface area contributed by atoms with Crippen LogP contribution in [0.25, 0.3) is 0 Å². The molecule has 0 aliphatic heterocycles. The molecule has 0 fully saturated rings. The Morgan fingerprint density at radius 1 is 1.28 bits per heavy atom. The molecule has 2 rings (SSSR count). The summed E-state index contributed by atoms with van der Waals surface area (Å²) in [5, 5.41) is 3.41. The summed E-state index contributed by atoms with van der Waals surface area (Å²) < 4.78 is 2.17. The molecule has 0 aromatic carbocycles. The minimum Gasteiger partial charge on any atom is -0.329 e. The molecule has 96 valence electrons. The van der Waals surface area contributed by atoms with Crippen LogP contribution in [0.2, 0.25) is 0 Å². The topological polar surface area (TPSA) is 42.7 Å². The van der Waals surface area contributed by atoms with Crippen molar-refractivity contribution >= 4 is 0 Å². The Morgan fingerprint density at radius 2 is 2.11 bits per heavy atom. The molecule has 0 atom stereocenters. The summed E-state index contributed by atoms with van der Waals surface area (Å²) in [5.41, 5.74) is 3.70.